The summed E-state index contributed by atoms with van der Waals surface area (Å²) in [5, 5.41) is 270. The summed E-state index contributed by atoms with van der Waals surface area (Å²) in [5.74, 6) is -12.3. The van der Waals surface area contributed by atoms with Crippen LogP contribution >= 0.6 is 0 Å². The Labute approximate surface area is 733 Å². The van der Waals surface area contributed by atoms with Crippen molar-refractivity contribution < 1.29 is 195 Å². The molecule has 6 heterocycles. The highest BCUT2D eigenvalue weighted by atomic mass is 16.6. The van der Waals surface area contributed by atoms with Gasteiger partial charge in [0.05, 0.1) is 18.8 Å². The maximum Gasteiger partial charge on any atom is 0.377 e. The normalized spacial score (nSPS) is 16.3. The van der Waals surface area contributed by atoms with Gasteiger partial charge in [0.15, 0.2) is 111 Å². The number of fused-ring (bicyclic) bond motifs is 4. The van der Waals surface area contributed by atoms with Gasteiger partial charge in [-0.3, -0.25) is 19.2 Å². The lowest BCUT2D eigenvalue weighted by Gasteiger charge is -2.30. The van der Waals surface area contributed by atoms with E-state index in [1.165, 1.54) is 97.1 Å². The monoisotopic (exact) mass is 1820 g/mol. The molecule has 0 radical (unpaired) electrons. The standard InChI is InChI=1S/C18H22O4.C15H12O7.C15H10O7.C15H10O6.C15H10O5.2C6H8O6/c1-11(7-13-3-5-15(19)17(21)9-13)12(2)8-14-4-6-16(20)18(22)10-14;2*16-7-4-10(19)12-11(5-7)22-15(14(21)13(12)20)6-1-2-8(17)9(18)3-6;16-8-3-1-7(2-4-8)15-14(20)13(19)12-10(18)5-9(17)6-11(12)21-15;16-9-2-3-10-13(7-9)20-14(15(10)19)6-8-1-4-11(17)12(18)5-8;2*7-1-2(8)5-3(9)4(10)6(11)12-5/h3-6,9-12,19-22H,7-8H2,1-2H3;1-5,14-19,21H;1-5,16-19,21H;1-6,16-18,20H;1-7,16-18H;2*2,5,7-10H,1H2/b;;;;14-6+;;/t;14?,15-;;;;;/m.1...../s1. The molecule has 0 amide bonds. The van der Waals surface area contributed by atoms with Crippen LogP contribution in [0.2, 0.25) is 0 Å². The van der Waals surface area contributed by atoms with Gasteiger partial charge in [-0.05, 0) is 156 Å². The number of aliphatic hydroxyl groups is 9. The lowest BCUT2D eigenvalue weighted by molar-refractivity contribution is -0.148. The van der Waals surface area contributed by atoms with Gasteiger partial charge in [0, 0.05) is 53.6 Å². The second-order valence-corrected chi connectivity index (χ2v) is 29.1. The van der Waals surface area contributed by atoms with Crippen molar-refractivity contribution in [3.8, 4) is 149 Å². The Kier molecular flexibility index (Phi) is 29.6. The summed E-state index contributed by atoms with van der Waals surface area (Å²) in [6, 6.07) is 37.5. The fraction of sp³-hybridized carbons (Fsp3) is 0.156. The number of Topliss-reactive ketones (excluding diaryl/α,β-unsaturated/α-hetero) is 2. The third-order valence-electron chi connectivity index (χ3n) is 19.8. The first kappa shape index (κ1) is 95.9. The molecule has 8 atom stereocenters. The minimum Gasteiger partial charge on any atom is -0.508 e. The van der Waals surface area contributed by atoms with Gasteiger partial charge >= 0.3 is 11.9 Å². The van der Waals surface area contributed by atoms with E-state index in [-0.39, 0.29) is 142 Å². The first-order valence-corrected chi connectivity index (χ1v) is 38.1. The van der Waals surface area contributed by atoms with Crippen molar-refractivity contribution in [2.75, 3.05) is 13.2 Å². The Balaban J connectivity index is 0.000000160. The van der Waals surface area contributed by atoms with Gasteiger partial charge in [-0.1, -0.05) is 38.1 Å². The lowest BCUT2D eigenvalue weighted by atomic mass is 9.85. The van der Waals surface area contributed by atoms with E-state index in [0.29, 0.717) is 34.3 Å². The fourth-order valence-corrected chi connectivity index (χ4v) is 12.7. The predicted molar refractivity (Wildman–Crippen MR) is 451 cm³/mol. The third kappa shape index (κ3) is 22.0. The molecule has 16 rings (SSSR count). The van der Waals surface area contributed by atoms with Crippen LogP contribution in [-0.2, 0) is 31.9 Å². The summed E-state index contributed by atoms with van der Waals surface area (Å²) < 4.78 is 30.2. The number of rotatable bonds is 13. The second-order valence-electron chi connectivity index (χ2n) is 29.1. The molecule has 0 saturated heterocycles. The molecule has 0 aliphatic carbocycles. The number of benzene rings is 10. The van der Waals surface area contributed by atoms with Crippen LogP contribution in [0.3, 0.4) is 0 Å². The van der Waals surface area contributed by atoms with Gasteiger partial charge in [0.1, 0.15) is 97.2 Å². The Morgan fingerprint density at radius 3 is 1.22 bits per heavy atom. The number of ketones is 2. The molecular weight excluding hydrogens is 1740 g/mol. The van der Waals surface area contributed by atoms with Crippen LogP contribution in [-0.4, -0.2) is 215 Å². The van der Waals surface area contributed by atoms with Crippen molar-refractivity contribution >= 4 is 51.5 Å². The number of aromatic hydroxyl groups is 20. The summed E-state index contributed by atoms with van der Waals surface area (Å²) in [6.45, 7) is 2.92. The molecule has 4 aliphatic rings. The third-order valence-corrected chi connectivity index (χ3v) is 19.8. The van der Waals surface area contributed by atoms with E-state index in [2.05, 4.69) is 23.3 Å². The van der Waals surface area contributed by atoms with Crippen LogP contribution < -0.4 is 20.3 Å². The van der Waals surface area contributed by atoms with Crippen molar-refractivity contribution in [3.63, 3.8) is 0 Å². The molecule has 10 aromatic carbocycles. The molecule has 4 aliphatic heterocycles. The molecule has 0 spiro atoms. The minimum atomic E-state index is -1.60. The average molecular weight is 1820 g/mol. The SMILES string of the molecule is CC(Cc1ccc(O)c(O)c1)C(C)Cc1ccc(O)c(O)c1.O=C1/C(=C\c2ccc(O)c(O)c2)Oc2cc(O)ccc21.O=C1OC(C(O)CO)C(O)=C1O.O=C1OC(C(O)CO)C(O)=C1O.O=C1c2c(O)cc(O)cc2O[C@H](c2ccc(O)c(O)c2)C1O.O=c1c(O)c(-c2ccc(O)c(O)c2)oc2cc(O)cc(O)c12.O=c1c(O)c(-c2ccc(O)cc2)oc2cc(O)cc(O)c12. The smallest absolute Gasteiger partial charge is 0.377 e. The number of aliphatic hydroxyl groups excluding tert-OH is 9. The number of allylic oxidation sites excluding steroid dienone is 1. The van der Waals surface area contributed by atoms with Crippen LogP contribution in [0.5, 0.6) is 126 Å². The van der Waals surface area contributed by atoms with Gasteiger partial charge in [0.25, 0.3) is 0 Å². The summed E-state index contributed by atoms with van der Waals surface area (Å²) in [5.41, 5.74) is 1.49. The van der Waals surface area contributed by atoms with Gasteiger partial charge < -0.3 is 176 Å². The molecule has 41 nitrogen and oxygen atoms in total. The van der Waals surface area contributed by atoms with E-state index in [4.69, 9.17) is 59.2 Å². The van der Waals surface area contributed by atoms with Crippen LogP contribution in [0, 0.1) is 11.8 Å². The summed E-state index contributed by atoms with van der Waals surface area (Å²) in [7, 11) is 0. The minimum absolute atomic E-state index is 0.0140. The Morgan fingerprint density at radius 1 is 0.374 bits per heavy atom. The summed E-state index contributed by atoms with van der Waals surface area (Å²) >= 11 is 0. The number of hydrogen-bond acceptors (Lipinski definition) is 41. The molecule has 2 aromatic heterocycles. The number of phenols is 18. The first-order valence-electron chi connectivity index (χ1n) is 38.1. The highest BCUT2D eigenvalue weighted by molar-refractivity contribution is 6.14. The fourth-order valence-electron chi connectivity index (χ4n) is 12.7. The lowest BCUT2D eigenvalue weighted by Crippen LogP contribution is -2.36. The van der Waals surface area contributed by atoms with E-state index < -0.39 is 142 Å². The first-order chi connectivity index (χ1) is 61.8. The number of phenolic OH excluding ortho intramolecular Hbond substituents is 18. The molecular formula is C90H80O41. The number of esters is 2. The van der Waals surface area contributed by atoms with Crippen molar-refractivity contribution in [2.24, 2.45) is 11.8 Å². The number of ether oxygens (including phenoxy) is 4. The molecule has 29 N–H and O–H groups in total. The van der Waals surface area contributed by atoms with Crippen molar-refractivity contribution in [1.29, 1.82) is 0 Å². The Morgan fingerprint density at radius 2 is 0.779 bits per heavy atom. The highest BCUT2D eigenvalue weighted by Crippen LogP contribution is 2.45. The van der Waals surface area contributed by atoms with Crippen LogP contribution in [0.4, 0.5) is 0 Å². The van der Waals surface area contributed by atoms with Gasteiger partial charge in [-0.25, -0.2) is 9.59 Å². The maximum atomic E-state index is 12.2. The van der Waals surface area contributed by atoms with Crippen LogP contribution in [0.1, 0.15) is 62.9 Å². The van der Waals surface area contributed by atoms with E-state index >= 15 is 0 Å². The zero-order valence-electron chi connectivity index (χ0n) is 67.6. The van der Waals surface area contributed by atoms with Gasteiger partial charge in [-0.2, -0.15) is 0 Å². The largest absolute Gasteiger partial charge is 0.508 e. The van der Waals surface area contributed by atoms with E-state index in [9.17, 15) is 136 Å². The molecule has 0 saturated carbocycles. The summed E-state index contributed by atoms with van der Waals surface area (Å²) in [4.78, 5) is 69.6. The number of cyclic esters (lactones) is 2. The highest BCUT2D eigenvalue weighted by Gasteiger charge is 2.42. The van der Waals surface area contributed by atoms with E-state index in [0.717, 1.165) is 72.5 Å². The quantitative estimate of drug-likeness (QED) is 0.0291. The zero-order valence-corrected chi connectivity index (χ0v) is 67.6. The molecule has 41 heteroatoms. The number of carbonyl (C=O) groups excluding carboxylic acids is 4. The van der Waals surface area contributed by atoms with Crippen molar-refractivity contribution in [3.05, 3.63) is 252 Å². The Hall–Kier alpha value is -17.3. The van der Waals surface area contributed by atoms with Crippen LogP contribution in [0.25, 0.3) is 50.7 Å². The molecule has 0 bridgehead atoms. The predicted octanol–water partition coefficient (Wildman–Crippen LogP) is 8.63. The number of carbonyl (C=O) groups is 4. The van der Waals surface area contributed by atoms with Crippen LogP contribution in [0.15, 0.2) is 217 Å². The van der Waals surface area contributed by atoms with Gasteiger partial charge in [0.2, 0.25) is 45.4 Å². The van der Waals surface area contributed by atoms with E-state index in [1.54, 1.807) is 18.2 Å². The molecule has 0 fully saturated rings. The molecule has 7 unspecified atom stereocenters. The zero-order chi connectivity index (χ0) is 96.3. The second kappa shape index (κ2) is 40.4. The van der Waals surface area contributed by atoms with Crippen molar-refractivity contribution in [1.82, 2.24) is 0 Å². The van der Waals surface area contributed by atoms with Crippen molar-refractivity contribution in [2.45, 2.75) is 63.3 Å². The number of hydrogen-bond donors (Lipinski definition) is 29. The van der Waals surface area contributed by atoms with Gasteiger partial charge in [-0.15, -0.1) is 0 Å². The topological polar surface area (TPSA) is 752 Å². The summed E-state index contributed by atoms with van der Waals surface area (Å²) in [6.07, 6.45) is -5.27. The molecule has 131 heavy (non-hydrogen) atoms. The molecule has 686 valence electrons. The van der Waals surface area contributed by atoms with E-state index in [1.807, 2.05) is 12.1 Å². The maximum absolute atomic E-state index is 12.2. The average Bonchev–Trinajstić information content (AvgIpc) is 1.44. The molecule has 12 aromatic rings. The Bertz CT molecular complexity index is 6500.